The highest BCUT2D eigenvalue weighted by molar-refractivity contribution is 5.78. The summed E-state index contributed by atoms with van der Waals surface area (Å²) in [6.07, 6.45) is 4.76. The standard InChI is InChI=1S/C7H9NO3/c1-2-3-6(9)8-5-4-7(10)11/h1H,3-5H2,(H,8,9)(H,10,11). The molecule has 0 spiro atoms. The lowest BCUT2D eigenvalue weighted by molar-refractivity contribution is -0.136. The number of rotatable bonds is 4. The third kappa shape index (κ3) is 6.38. The third-order valence-corrected chi connectivity index (χ3v) is 0.924. The fourth-order valence-corrected chi connectivity index (χ4v) is 0.464. The second kappa shape index (κ2) is 5.30. The lowest BCUT2D eigenvalue weighted by atomic mass is 10.4. The number of carboxylic acid groups (broad SMARTS) is 1. The van der Waals surface area contributed by atoms with Crippen LogP contribution in [0.3, 0.4) is 0 Å². The zero-order valence-electron chi connectivity index (χ0n) is 5.96. The van der Waals surface area contributed by atoms with Crippen molar-refractivity contribution >= 4 is 11.9 Å². The highest BCUT2D eigenvalue weighted by Gasteiger charge is 1.99. The van der Waals surface area contributed by atoms with Crippen LogP contribution in [0, 0.1) is 12.3 Å². The summed E-state index contributed by atoms with van der Waals surface area (Å²) in [6, 6.07) is 0. The Kier molecular flexibility index (Phi) is 4.58. The molecule has 0 aliphatic rings. The molecule has 0 aromatic rings. The monoisotopic (exact) mass is 155 g/mol. The van der Waals surface area contributed by atoms with E-state index in [0.29, 0.717) is 0 Å². The molecular weight excluding hydrogens is 146 g/mol. The van der Waals surface area contributed by atoms with E-state index in [1.54, 1.807) is 0 Å². The van der Waals surface area contributed by atoms with Crippen molar-refractivity contribution in [2.45, 2.75) is 12.8 Å². The van der Waals surface area contributed by atoms with Gasteiger partial charge in [-0.2, -0.15) is 0 Å². The van der Waals surface area contributed by atoms with E-state index < -0.39 is 5.97 Å². The predicted molar refractivity (Wildman–Crippen MR) is 38.7 cm³/mol. The maximum Gasteiger partial charge on any atom is 0.305 e. The first-order valence-corrected chi connectivity index (χ1v) is 3.08. The number of nitrogens with one attached hydrogen (secondary N) is 1. The lowest BCUT2D eigenvalue weighted by Crippen LogP contribution is -2.25. The van der Waals surface area contributed by atoms with Crippen molar-refractivity contribution in [1.29, 1.82) is 0 Å². The summed E-state index contributed by atoms with van der Waals surface area (Å²) in [5, 5.41) is 10.5. The van der Waals surface area contributed by atoms with E-state index >= 15 is 0 Å². The van der Waals surface area contributed by atoms with Gasteiger partial charge in [0.25, 0.3) is 0 Å². The van der Waals surface area contributed by atoms with Crippen LogP contribution in [0.15, 0.2) is 0 Å². The van der Waals surface area contributed by atoms with Crippen LogP contribution < -0.4 is 5.32 Å². The van der Waals surface area contributed by atoms with Gasteiger partial charge in [0, 0.05) is 6.54 Å². The average molecular weight is 155 g/mol. The number of hydrogen-bond acceptors (Lipinski definition) is 2. The molecule has 0 fully saturated rings. The topological polar surface area (TPSA) is 66.4 Å². The number of aliphatic carboxylic acids is 1. The van der Waals surface area contributed by atoms with Crippen LogP contribution in [-0.2, 0) is 9.59 Å². The first kappa shape index (κ1) is 9.50. The fourth-order valence-electron chi connectivity index (χ4n) is 0.464. The number of hydrogen-bond donors (Lipinski definition) is 2. The van der Waals surface area contributed by atoms with Gasteiger partial charge in [-0.25, -0.2) is 0 Å². The smallest absolute Gasteiger partial charge is 0.305 e. The molecule has 0 aliphatic heterocycles. The van der Waals surface area contributed by atoms with Crippen LogP contribution in [0.25, 0.3) is 0 Å². The van der Waals surface area contributed by atoms with Gasteiger partial charge >= 0.3 is 5.97 Å². The summed E-state index contributed by atoms with van der Waals surface area (Å²) in [4.78, 5) is 20.5. The Hall–Kier alpha value is -1.50. The summed E-state index contributed by atoms with van der Waals surface area (Å²) in [5.41, 5.74) is 0. The first-order chi connectivity index (χ1) is 5.16. The van der Waals surface area contributed by atoms with E-state index in [-0.39, 0.29) is 25.3 Å². The van der Waals surface area contributed by atoms with E-state index in [4.69, 9.17) is 11.5 Å². The summed E-state index contributed by atoms with van der Waals surface area (Å²) >= 11 is 0. The van der Waals surface area contributed by atoms with Gasteiger partial charge in [0.2, 0.25) is 5.91 Å². The maximum absolute atomic E-state index is 10.6. The van der Waals surface area contributed by atoms with Crippen molar-refractivity contribution in [3.05, 3.63) is 0 Å². The molecule has 60 valence electrons. The Morgan fingerprint density at radius 1 is 1.55 bits per heavy atom. The zero-order valence-corrected chi connectivity index (χ0v) is 5.96. The second-order valence-corrected chi connectivity index (χ2v) is 1.87. The summed E-state index contributed by atoms with van der Waals surface area (Å²) in [7, 11) is 0. The highest BCUT2D eigenvalue weighted by atomic mass is 16.4. The van der Waals surface area contributed by atoms with Crippen molar-refractivity contribution in [1.82, 2.24) is 5.32 Å². The predicted octanol–water partition coefficient (Wildman–Crippen LogP) is -0.399. The van der Waals surface area contributed by atoms with Gasteiger partial charge in [0.05, 0.1) is 12.8 Å². The molecule has 0 aromatic heterocycles. The van der Waals surface area contributed by atoms with Crippen molar-refractivity contribution in [3.8, 4) is 12.3 Å². The molecule has 0 bridgehead atoms. The van der Waals surface area contributed by atoms with Crippen molar-refractivity contribution in [2.75, 3.05) is 6.54 Å². The average Bonchev–Trinajstić information content (AvgIpc) is 1.87. The molecule has 0 heterocycles. The van der Waals surface area contributed by atoms with Crippen LogP contribution in [0.1, 0.15) is 12.8 Å². The van der Waals surface area contributed by atoms with E-state index in [1.807, 2.05) is 0 Å². The Morgan fingerprint density at radius 3 is 2.64 bits per heavy atom. The zero-order chi connectivity index (χ0) is 8.69. The lowest BCUT2D eigenvalue weighted by Gasteiger charge is -1.98. The molecule has 4 nitrogen and oxygen atoms in total. The summed E-state index contributed by atoms with van der Waals surface area (Å²) < 4.78 is 0. The van der Waals surface area contributed by atoms with Crippen molar-refractivity contribution in [2.24, 2.45) is 0 Å². The number of carbonyl (C=O) groups is 2. The molecule has 0 unspecified atom stereocenters. The van der Waals surface area contributed by atoms with Crippen LogP contribution in [0.4, 0.5) is 0 Å². The Balaban J connectivity index is 3.33. The van der Waals surface area contributed by atoms with Crippen LogP contribution in [-0.4, -0.2) is 23.5 Å². The molecule has 1 amide bonds. The molecule has 0 radical (unpaired) electrons. The van der Waals surface area contributed by atoms with Gasteiger partial charge in [0.1, 0.15) is 0 Å². The van der Waals surface area contributed by atoms with E-state index in [1.165, 1.54) is 0 Å². The van der Waals surface area contributed by atoms with E-state index in [9.17, 15) is 9.59 Å². The van der Waals surface area contributed by atoms with Crippen LogP contribution in [0.2, 0.25) is 0 Å². The molecule has 4 heteroatoms. The molecule has 0 saturated carbocycles. The first-order valence-electron chi connectivity index (χ1n) is 3.08. The minimum absolute atomic E-state index is 0.000378. The van der Waals surface area contributed by atoms with E-state index in [0.717, 1.165) is 0 Å². The van der Waals surface area contributed by atoms with Crippen LogP contribution >= 0.6 is 0 Å². The van der Waals surface area contributed by atoms with Crippen LogP contribution in [0.5, 0.6) is 0 Å². The van der Waals surface area contributed by atoms with Crippen molar-refractivity contribution < 1.29 is 14.7 Å². The van der Waals surface area contributed by atoms with Gasteiger partial charge in [0.15, 0.2) is 0 Å². The van der Waals surface area contributed by atoms with Gasteiger partial charge in [-0.15, -0.1) is 6.42 Å². The number of amides is 1. The molecule has 11 heavy (non-hydrogen) atoms. The van der Waals surface area contributed by atoms with Gasteiger partial charge in [-0.05, 0) is 0 Å². The van der Waals surface area contributed by atoms with Gasteiger partial charge in [-0.1, -0.05) is 5.92 Å². The van der Waals surface area contributed by atoms with E-state index in [2.05, 4.69) is 11.2 Å². The fraction of sp³-hybridized carbons (Fsp3) is 0.429. The minimum Gasteiger partial charge on any atom is -0.481 e. The molecule has 2 N–H and O–H groups in total. The minimum atomic E-state index is -0.939. The quantitative estimate of drug-likeness (QED) is 0.543. The summed E-state index contributed by atoms with van der Waals surface area (Å²) in [5.74, 6) is 0.896. The molecule has 0 rings (SSSR count). The number of carboxylic acids is 1. The maximum atomic E-state index is 10.6. The second-order valence-electron chi connectivity index (χ2n) is 1.87. The Labute approximate surface area is 64.6 Å². The molecular formula is C7H9NO3. The third-order valence-electron chi connectivity index (χ3n) is 0.924. The normalized spacial score (nSPS) is 8.27. The largest absolute Gasteiger partial charge is 0.481 e. The SMILES string of the molecule is C#CCC(=O)NCCC(=O)O. The molecule has 0 aliphatic carbocycles. The molecule has 0 aromatic carbocycles. The molecule has 0 saturated heterocycles. The van der Waals surface area contributed by atoms with Gasteiger partial charge < -0.3 is 10.4 Å². The summed E-state index contributed by atoms with van der Waals surface area (Å²) in [6.45, 7) is 0.135. The molecule has 0 atom stereocenters. The highest BCUT2D eigenvalue weighted by Crippen LogP contribution is 1.78. The number of terminal acetylenes is 1. The number of carbonyl (C=O) groups excluding carboxylic acids is 1. The van der Waals surface area contributed by atoms with Crippen molar-refractivity contribution in [3.63, 3.8) is 0 Å². The Morgan fingerprint density at radius 2 is 2.18 bits per heavy atom. The Bertz CT molecular complexity index is 192. The van der Waals surface area contributed by atoms with Gasteiger partial charge in [-0.3, -0.25) is 9.59 Å².